The van der Waals surface area contributed by atoms with Gasteiger partial charge in [0.25, 0.3) is 0 Å². The molecular weight excluding hydrogens is 296 g/mol. The van der Waals surface area contributed by atoms with Crippen LogP contribution in [0.5, 0.6) is 0 Å². The zero-order valence-electron chi connectivity index (χ0n) is 13.5. The molecule has 0 radical (unpaired) electrons. The van der Waals surface area contributed by atoms with Gasteiger partial charge in [-0.3, -0.25) is 4.79 Å². The van der Waals surface area contributed by atoms with Crippen LogP contribution in [0.3, 0.4) is 0 Å². The van der Waals surface area contributed by atoms with Gasteiger partial charge in [0.2, 0.25) is 5.91 Å². The average molecular weight is 322 g/mol. The fourth-order valence-corrected chi connectivity index (χ4v) is 4.20. The first-order valence-corrected chi connectivity index (χ1v) is 9.32. The summed E-state index contributed by atoms with van der Waals surface area (Å²) < 4.78 is 5.83. The molecule has 1 aromatic heterocycles. The molecule has 3 rings (SSSR count). The molecule has 2 saturated carbocycles. The van der Waals surface area contributed by atoms with Gasteiger partial charge in [-0.15, -0.1) is 11.3 Å². The summed E-state index contributed by atoms with van der Waals surface area (Å²) in [6.07, 6.45) is 7.32. The van der Waals surface area contributed by atoms with Crippen LogP contribution >= 0.6 is 11.3 Å². The maximum absolute atomic E-state index is 12.2. The highest BCUT2D eigenvalue weighted by Crippen LogP contribution is 2.41. The number of hydrogen-bond acceptors (Lipinski definition) is 4. The Balaban J connectivity index is 1.49. The van der Waals surface area contributed by atoms with Crippen molar-refractivity contribution in [1.82, 2.24) is 10.3 Å². The van der Waals surface area contributed by atoms with Crippen molar-refractivity contribution in [2.24, 2.45) is 11.8 Å². The Bertz CT molecular complexity index is 513. The lowest BCUT2D eigenvalue weighted by atomic mass is 9.89. The van der Waals surface area contributed by atoms with Crippen LogP contribution in [0.1, 0.15) is 62.2 Å². The molecule has 2 aliphatic rings. The van der Waals surface area contributed by atoms with E-state index in [1.807, 2.05) is 6.92 Å². The van der Waals surface area contributed by atoms with Gasteiger partial charge in [-0.25, -0.2) is 4.98 Å². The molecule has 4 nitrogen and oxygen atoms in total. The first kappa shape index (κ1) is 15.9. The van der Waals surface area contributed by atoms with Crippen LogP contribution in [-0.2, 0) is 9.53 Å². The molecular formula is C17H26N2O2S. The smallest absolute Gasteiger partial charge is 0.246 e. The molecule has 5 heteroatoms. The number of hydrogen-bond donors (Lipinski definition) is 1. The Hall–Kier alpha value is -0.940. The number of aryl methyl sites for hydroxylation is 1. The number of aromatic nitrogens is 1. The summed E-state index contributed by atoms with van der Waals surface area (Å²) >= 11 is 1.65. The van der Waals surface area contributed by atoms with Crippen molar-refractivity contribution in [3.63, 3.8) is 0 Å². The molecule has 2 aliphatic carbocycles. The molecule has 0 bridgehead atoms. The summed E-state index contributed by atoms with van der Waals surface area (Å²) in [6.45, 7) is 4.45. The number of ether oxygens (including phenoxy) is 1. The summed E-state index contributed by atoms with van der Waals surface area (Å²) in [5.74, 6) is 1.28. The summed E-state index contributed by atoms with van der Waals surface area (Å²) in [7, 11) is 0. The second-order valence-corrected chi connectivity index (χ2v) is 7.80. The van der Waals surface area contributed by atoms with Gasteiger partial charge < -0.3 is 10.1 Å². The molecule has 3 atom stereocenters. The number of carbonyl (C=O) groups excluding carboxylic acids is 1. The lowest BCUT2D eigenvalue weighted by Crippen LogP contribution is -2.34. The van der Waals surface area contributed by atoms with Gasteiger partial charge >= 0.3 is 0 Å². The van der Waals surface area contributed by atoms with Gasteiger partial charge in [0.05, 0.1) is 12.1 Å². The second kappa shape index (κ2) is 7.09. The van der Waals surface area contributed by atoms with Gasteiger partial charge in [0.1, 0.15) is 11.6 Å². The quantitative estimate of drug-likeness (QED) is 0.870. The van der Waals surface area contributed by atoms with Crippen molar-refractivity contribution in [2.45, 2.75) is 64.5 Å². The lowest BCUT2D eigenvalue weighted by Gasteiger charge is -2.26. The van der Waals surface area contributed by atoms with E-state index in [4.69, 9.17) is 4.74 Å². The number of nitrogens with one attached hydrogen (secondary N) is 1. The van der Waals surface area contributed by atoms with E-state index in [1.54, 1.807) is 11.3 Å². The predicted octanol–water partition coefficient (Wildman–Crippen LogP) is 3.61. The van der Waals surface area contributed by atoms with E-state index in [0.717, 1.165) is 29.5 Å². The minimum Gasteiger partial charge on any atom is -0.368 e. The Labute approximate surface area is 136 Å². The standard InChI is InChI=1S/C17H26N2O2S/c1-11-4-3-5-14(8-11)21-9-15(20)19-16(13-6-7-13)17-18-12(2)10-22-17/h10-11,13-14,16H,3-9H2,1-2H3,(H,19,20)/t11-,14-,16-/m1/s1. The van der Waals surface area contributed by atoms with E-state index < -0.39 is 0 Å². The van der Waals surface area contributed by atoms with Crippen molar-refractivity contribution in [1.29, 1.82) is 0 Å². The van der Waals surface area contributed by atoms with Crippen LogP contribution < -0.4 is 5.32 Å². The fraction of sp³-hybridized carbons (Fsp3) is 0.765. The highest BCUT2D eigenvalue weighted by molar-refractivity contribution is 7.09. The van der Waals surface area contributed by atoms with Gasteiger partial charge in [-0.05, 0) is 44.4 Å². The van der Waals surface area contributed by atoms with Gasteiger partial charge in [0, 0.05) is 11.1 Å². The fourth-order valence-electron chi connectivity index (χ4n) is 3.26. The third-order valence-electron chi connectivity index (χ3n) is 4.65. The highest BCUT2D eigenvalue weighted by Gasteiger charge is 2.35. The van der Waals surface area contributed by atoms with E-state index in [-0.39, 0.29) is 24.7 Å². The molecule has 1 aromatic rings. The van der Waals surface area contributed by atoms with Crippen LogP contribution in [0.15, 0.2) is 5.38 Å². The molecule has 1 heterocycles. The zero-order chi connectivity index (χ0) is 15.5. The first-order chi connectivity index (χ1) is 10.6. The topological polar surface area (TPSA) is 51.2 Å². The largest absolute Gasteiger partial charge is 0.368 e. The molecule has 22 heavy (non-hydrogen) atoms. The van der Waals surface area contributed by atoms with Crippen molar-refractivity contribution in [2.75, 3.05) is 6.61 Å². The molecule has 0 spiro atoms. The zero-order valence-corrected chi connectivity index (χ0v) is 14.3. The van der Waals surface area contributed by atoms with Crippen molar-refractivity contribution in [3.8, 4) is 0 Å². The second-order valence-electron chi connectivity index (χ2n) is 6.91. The molecule has 122 valence electrons. The van der Waals surface area contributed by atoms with Gasteiger partial charge in [-0.1, -0.05) is 19.8 Å². The minimum atomic E-state index is 0.00276. The Kier molecular flexibility index (Phi) is 5.14. The van der Waals surface area contributed by atoms with Crippen LogP contribution in [0.25, 0.3) is 0 Å². The van der Waals surface area contributed by atoms with Gasteiger partial charge in [0.15, 0.2) is 0 Å². The third-order valence-corrected chi connectivity index (χ3v) is 5.70. The van der Waals surface area contributed by atoms with Crippen LogP contribution in [-0.4, -0.2) is 23.6 Å². The first-order valence-electron chi connectivity index (χ1n) is 8.45. The minimum absolute atomic E-state index is 0.00276. The Morgan fingerprint density at radius 3 is 2.91 bits per heavy atom. The average Bonchev–Trinajstić information content (AvgIpc) is 3.24. The van der Waals surface area contributed by atoms with Crippen molar-refractivity contribution >= 4 is 17.2 Å². The maximum Gasteiger partial charge on any atom is 0.246 e. The van der Waals surface area contributed by atoms with Crippen LogP contribution in [0, 0.1) is 18.8 Å². The number of rotatable bonds is 6. The van der Waals surface area contributed by atoms with Gasteiger partial charge in [-0.2, -0.15) is 0 Å². The predicted molar refractivity (Wildman–Crippen MR) is 87.8 cm³/mol. The van der Waals surface area contributed by atoms with E-state index in [0.29, 0.717) is 5.92 Å². The molecule has 2 fully saturated rings. The van der Waals surface area contributed by atoms with Crippen molar-refractivity contribution in [3.05, 3.63) is 16.1 Å². The van der Waals surface area contributed by atoms with E-state index in [1.165, 1.54) is 25.7 Å². The van der Waals surface area contributed by atoms with E-state index >= 15 is 0 Å². The molecule has 0 aromatic carbocycles. The summed E-state index contributed by atoms with van der Waals surface area (Å²) in [5.41, 5.74) is 1.03. The molecule has 1 N–H and O–H groups in total. The maximum atomic E-state index is 12.2. The van der Waals surface area contributed by atoms with E-state index in [2.05, 4.69) is 22.6 Å². The SMILES string of the molecule is Cc1csc([C@H](NC(=O)CO[C@@H]2CCC[C@@H](C)C2)C2CC2)n1. The number of nitrogens with zero attached hydrogens (tertiary/aromatic N) is 1. The third kappa shape index (κ3) is 4.29. The Morgan fingerprint density at radius 2 is 2.27 bits per heavy atom. The number of carbonyl (C=O) groups is 1. The lowest BCUT2D eigenvalue weighted by molar-refractivity contribution is -0.129. The summed E-state index contributed by atoms with van der Waals surface area (Å²) in [5, 5.41) is 6.24. The summed E-state index contributed by atoms with van der Waals surface area (Å²) in [4.78, 5) is 16.8. The molecule has 0 unspecified atom stereocenters. The monoisotopic (exact) mass is 322 g/mol. The number of thiazole rings is 1. The highest BCUT2D eigenvalue weighted by atomic mass is 32.1. The molecule has 1 amide bonds. The molecule has 0 saturated heterocycles. The van der Waals surface area contributed by atoms with Crippen LogP contribution in [0.4, 0.5) is 0 Å². The van der Waals surface area contributed by atoms with E-state index in [9.17, 15) is 4.79 Å². The normalized spacial score (nSPS) is 26.6. The Morgan fingerprint density at radius 1 is 1.45 bits per heavy atom. The summed E-state index contributed by atoms with van der Waals surface area (Å²) in [6, 6.07) is 0.0834. The van der Waals surface area contributed by atoms with Crippen LogP contribution in [0.2, 0.25) is 0 Å². The van der Waals surface area contributed by atoms with Crippen molar-refractivity contribution < 1.29 is 9.53 Å². The number of amides is 1. The molecule has 0 aliphatic heterocycles.